The maximum atomic E-state index is 14.0. The quantitative estimate of drug-likeness (QED) is 0.667. The number of hydrazine groups is 1. The third-order valence-electron chi connectivity index (χ3n) is 2.98. The van der Waals surface area contributed by atoms with Crippen LogP contribution in [0.25, 0.3) is 0 Å². The van der Waals surface area contributed by atoms with Crippen LogP contribution in [0.1, 0.15) is 47.5 Å². The van der Waals surface area contributed by atoms with Crippen molar-refractivity contribution in [1.29, 1.82) is 0 Å². The highest BCUT2D eigenvalue weighted by Crippen LogP contribution is 2.31. The Balaban J connectivity index is 2.50. The molecule has 0 saturated carbocycles. The molecule has 0 spiro atoms. The first kappa shape index (κ1) is 14.0. The monoisotopic (exact) mass is 280 g/mol. The van der Waals surface area contributed by atoms with Crippen molar-refractivity contribution >= 4 is 11.5 Å². The fourth-order valence-electron chi connectivity index (χ4n) is 2.00. The molecule has 0 bridgehead atoms. The first-order valence-corrected chi connectivity index (χ1v) is 6.86. The molecule has 1 atom stereocenters. The predicted molar refractivity (Wildman–Crippen MR) is 74.3 cm³/mol. The summed E-state index contributed by atoms with van der Waals surface area (Å²) in [6, 6.07) is 4.57. The molecule has 2 rings (SSSR count). The zero-order valence-electron chi connectivity index (χ0n) is 11.1. The van der Waals surface area contributed by atoms with Crippen LogP contribution in [0, 0.1) is 12.7 Å². The van der Waals surface area contributed by atoms with Gasteiger partial charge in [0.25, 0.3) is 0 Å². The lowest BCUT2D eigenvalue weighted by Crippen LogP contribution is -2.29. The number of aromatic nitrogens is 2. The maximum Gasteiger partial charge on any atom is 0.128 e. The van der Waals surface area contributed by atoms with Gasteiger partial charge < -0.3 is 0 Å². The summed E-state index contributed by atoms with van der Waals surface area (Å²) in [5.41, 5.74) is 5.04. The summed E-state index contributed by atoms with van der Waals surface area (Å²) < 4.78 is 18.0. The molecule has 102 valence electrons. The Bertz CT molecular complexity index is 568. The molecule has 6 heteroatoms. The molecule has 0 aliphatic carbocycles. The van der Waals surface area contributed by atoms with Crippen LogP contribution in [0.15, 0.2) is 18.2 Å². The number of benzene rings is 1. The molecule has 1 unspecified atom stereocenters. The fraction of sp³-hybridized carbons (Fsp3) is 0.385. The van der Waals surface area contributed by atoms with Crippen molar-refractivity contribution in [3.05, 3.63) is 45.7 Å². The first-order chi connectivity index (χ1) is 9.04. The van der Waals surface area contributed by atoms with E-state index in [4.69, 9.17) is 5.84 Å². The third-order valence-corrected chi connectivity index (χ3v) is 3.78. The van der Waals surface area contributed by atoms with E-state index in [1.54, 1.807) is 12.1 Å². The molecule has 0 aliphatic rings. The van der Waals surface area contributed by atoms with Crippen molar-refractivity contribution in [2.75, 3.05) is 0 Å². The highest BCUT2D eigenvalue weighted by atomic mass is 32.1. The smallest absolute Gasteiger partial charge is 0.128 e. The van der Waals surface area contributed by atoms with E-state index in [1.807, 2.05) is 20.8 Å². The Morgan fingerprint density at radius 3 is 2.74 bits per heavy atom. The fourth-order valence-corrected chi connectivity index (χ4v) is 2.88. The molecule has 0 radical (unpaired) electrons. The number of nitrogens with zero attached hydrogens (tertiary/aromatic N) is 2. The van der Waals surface area contributed by atoms with E-state index >= 15 is 0 Å². The Kier molecular flexibility index (Phi) is 4.24. The van der Waals surface area contributed by atoms with Gasteiger partial charge in [-0.05, 0) is 30.4 Å². The van der Waals surface area contributed by atoms with Gasteiger partial charge in [-0.25, -0.2) is 9.82 Å². The van der Waals surface area contributed by atoms with E-state index in [-0.39, 0.29) is 11.7 Å². The van der Waals surface area contributed by atoms with Gasteiger partial charge in [0, 0.05) is 5.56 Å². The second-order valence-corrected chi connectivity index (χ2v) is 5.59. The second-order valence-electron chi connectivity index (χ2n) is 4.80. The Labute approximate surface area is 116 Å². The molecule has 1 aromatic heterocycles. The van der Waals surface area contributed by atoms with Crippen LogP contribution in [0.5, 0.6) is 0 Å². The summed E-state index contributed by atoms with van der Waals surface area (Å²) in [7, 11) is 0. The van der Waals surface area contributed by atoms with Crippen molar-refractivity contribution in [3.8, 4) is 0 Å². The van der Waals surface area contributed by atoms with Crippen LogP contribution in [0.4, 0.5) is 4.39 Å². The van der Waals surface area contributed by atoms with E-state index in [0.29, 0.717) is 5.56 Å². The van der Waals surface area contributed by atoms with Gasteiger partial charge in [0.15, 0.2) is 0 Å². The molecule has 0 aliphatic heterocycles. The summed E-state index contributed by atoms with van der Waals surface area (Å²) in [6.45, 7) is 5.98. The summed E-state index contributed by atoms with van der Waals surface area (Å²) in [5, 5.41) is 4.11. The molecule has 0 fully saturated rings. The van der Waals surface area contributed by atoms with Crippen LogP contribution < -0.4 is 11.3 Å². The van der Waals surface area contributed by atoms with Gasteiger partial charge in [-0.3, -0.25) is 5.84 Å². The topological polar surface area (TPSA) is 63.8 Å². The van der Waals surface area contributed by atoms with E-state index in [0.717, 1.165) is 16.1 Å². The minimum Gasteiger partial charge on any atom is -0.271 e. The summed E-state index contributed by atoms with van der Waals surface area (Å²) in [4.78, 5) is 0.863. The standard InChI is InChI=1S/C13H17FN4S/c1-7(2)11-13(19-18-17-11)12(16-15)9-6-8(3)4-5-10(9)14/h4-7,12,16H,15H2,1-3H3. The SMILES string of the molecule is Cc1ccc(F)c(C(NN)c2snnc2C(C)C)c1. The molecule has 2 aromatic rings. The summed E-state index contributed by atoms with van der Waals surface area (Å²) in [6.07, 6.45) is 0. The van der Waals surface area contributed by atoms with Crippen molar-refractivity contribution < 1.29 is 4.39 Å². The second kappa shape index (κ2) is 5.73. The van der Waals surface area contributed by atoms with E-state index in [1.165, 1.54) is 17.6 Å². The lowest BCUT2D eigenvalue weighted by atomic mass is 9.99. The Morgan fingerprint density at radius 1 is 1.37 bits per heavy atom. The average molecular weight is 280 g/mol. The van der Waals surface area contributed by atoms with Gasteiger partial charge in [0.1, 0.15) is 5.82 Å². The normalized spacial score (nSPS) is 12.9. The lowest BCUT2D eigenvalue weighted by Gasteiger charge is -2.17. The third kappa shape index (κ3) is 2.80. The van der Waals surface area contributed by atoms with Crippen LogP contribution >= 0.6 is 11.5 Å². The number of rotatable bonds is 4. The van der Waals surface area contributed by atoms with Crippen LogP contribution in [-0.4, -0.2) is 9.59 Å². The number of hydrogen-bond acceptors (Lipinski definition) is 5. The molecule has 3 N–H and O–H groups in total. The van der Waals surface area contributed by atoms with E-state index < -0.39 is 6.04 Å². The van der Waals surface area contributed by atoms with Gasteiger partial charge in [0.05, 0.1) is 16.6 Å². The first-order valence-electron chi connectivity index (χ1n) is 6.09. The molecule has 1 heterocycles. The van der Waals surface area contributed by atoms with Gasteiger partial charge in [-0.15, -0.1) is 5.10 Å². The predicted octanol–water partition coefficient (Wildman–Crippen LogP) is 2.66. The molecular weight excluding hydrogens is 263 g/mol. The molecular formula is C13H17FN4S. The minimum absolute atomic E-state index is 0.220. The van der Waals surface area contributed by atoms with Crippen molar-refractivity contribution in [1.82, 2.24) is 15.0 Å². The zero-order chi connectivity index (χ0) is 14.0. The molecule has 0 amide bonds. The van der Waals surface area contributed by atoms with Gasteiger partial charge in [-0.2, -0.15) is 0 Å². The molecule has 4 nitrogen and oxygen atoms in total. The Morgan fingerprint density at radius 2 is 2.11 bits per heavy atom. The highest BCUT2D eigenvalue weighted by Gasteiger charge is 2.24. The van der Waals surface area contributed by atoms with Crippen LogP contribution in [-0.2, 0) is 0 Å². The number of nitrogens with one attached hydrogen (secondary N) is 1. The largest absolute Gasteiger partial charge is 0.271 e. The lowest BCUT2D eigenvalue weighted by molar-refractivity contribution is 0.559. The number of halogens is 1. The molecule has 0 saturated heterocycles. The summed E-state index contributed by atoms with van der Waals surface area (Å²) in [5.74, 6) is 5.56. The number of nitrogens with two attached hydrogens (primary N) is 1. The van der Waals surface area contributed by atoms with Crippen molar-refractivity contribution in [2.24, 2.45) is 5.84 Å². The number of aryl methyl sites for hydroxylation is 1. The van der Waals surface area contributed by atoms with Gasteiger partial charge >= 0.3 is 0 Å². The van der Waals surface area contributed by atoms with Gasteiger partial charge in [0.2, 0.25) is 0 Å². The van der Waals surface area contributed by atoms with Gasteiger partial charge in [-0.1, -0.05) is 36.0 Å². The number of hydrogen-bond donors (Lipinski definition) is 2. The minimum atomic E-state index is -0.419. The van der Waals surface area contributed by atoms with Crippen LogP contribution in [0.3, 0.4) is 0 Å². The Hall–Kier alpha value is -1.37. The highest BCUT2D eigenvalue weighted by molar-refractivity contribution is 7.05. The van der Waals surface area contributed by atoms with E-state index in [9.17, 15) is 4.39 Å². The van der Waals surface area contributed by atoms with Crippen molar-refractivity contribution in [3.63, 3.8) is 0 Å². The van der Waals surface area contributed by atoms with E-state index in [2.05, 4.69) is 15.0 Å². The van der Waals surface area contributed by atoms with Crippen molar-refractivity contribution in [2.45, 2.75) is 32.7 Å². The van der Waals surface area contributed by atoms with Crippen LogP contribution in [0.2, 0.25) is 0 Å². The molecule has 1 aromatic carbocycles. The summed E-state index contributed by atoms with van der Waals surface area (Å²) >= 11 is 1.25. The molecule has 19 heavy (non-hydrogen) atoms. The maximum absolute atomic E-state index is 14.0. The zero-order valence-corrected chi connectivity index (χ0v) is 12.0. The average Bonchev–Trinajstić information content (AvgIpc) is 2.84.